The van der Waals surface area contributed by atoms with E-state index in [4.69, 9.17) is 0 Å². The maximum absolute atomic E-state index is 9.74. The van der Waals surface area contributed by atoms with Crippen LogP contribution >= 0.6 is 0 Å². The number of rotatable bonds is 2. The van der Waals surface area contributed by atoms with E-state index in [1.807, 2.05) is 0 Å². The summed E-state index contributed by atoms with van der Waals surface area (Å²) in [6.07, 6.45) is 10.5. The van der Waals surface area contributed by atoms with Gasteiger partial charge >= 0.3 is 0 Å². The number of hydrogen-bond donors (Lipinski definition) is 1. The molecule has 0 aliphatic heterocycles. The van der Waals surface area contributed by atoms with Crippen LogP contribution in [-0.2, 0) is 0 Å². The maximum atomic E-state index is 9.74. The van der Waals surface area contributed by atoms with Gasteiger partial charge in [-0.3, -0.25) is 0 Å². The van der Waals surface area contributed by atoms with Crippen molar-refractivity contribution in [2.45, 2.75) is 64.4 Å². The van der Waals surface area contributed by atoms with Gasteiger partial charge in [-0.15, -0.1) is 0 Å². The summed E-state index contributed by atoms with van der Waals surface area (Å²) in [7, 11) is 0. The Bertz CT molecular complexity index is 168. The number of aliphatic hydroxyl groups is 1. The van der Waals surface area contributed by atoms with Gasteiger partial charge in [0.25, 0.3) is 0 Å². The van der Waals surface area contributed by atoms with E-state index < -0.39 is 0 Å². The largest absolute Gasteiger partial charge is 0.393 e. The molecule has 2 aliphatic rings. The van der Waals surface area contributed by atoms with E-state index in [9.17, 15) is 5.11 Å². The molecule has 2 fully saturated rings. The first-order chi connectivity index (χ1) is 6.27. The van der Waals surface area contributed by atoms with Gasteiger partial charge in [-0.25, -0.2) is 0 Å². The molecule has 2 rings (SSSR count). The summed E-state index contributed by atoms with van der Waals surface area (Å²) in [5.41, 5.74) is 0.393. The van der Waals surface area contributed by atoms with Crippen LogP contribution in [0.15, 0.2) is 0 Å². The predicted molar refractivity (Wildman–Crippen MR) is 54.5 cm³/mol. The third kappa shape index (κ3) is 1.63. The molecule has 0 amide bonds. The van der Waals surface area contributed by atoms with Crippen molar-refractivity contribution in [1.29, 1.82) is 0 Å². The number of hydrogen-bond acceptors (Lipinski definition) is 1. The second-order valence-electron chi connectivity index (χ2n) is 5.15. The highest BCUT2D eigenvalue weighted by molar-refractivity contribution is 4.98. The van der Waals surface area contributed by atoms with E-state index in [0.29, 0.717) is 5.41 Å². The van der Waals surface area contributed by atoms with Gasteiger partial charge in [0.05, 0.1) is 6.10 Å². The lowest BCUT2D eigenvalue weighted by atomic mass is 9.57. The van der Waals surface area contributed by atoms with Crippen molar-refractivity contribution < 1.29 is 5.11 Å². The highest BCUT2D eigenvalue weighted by Crippen LogP contribution is 2.53. The van der Waals surface area contributed by atoms with Crippen LogP contribution < -0.4 is 0 Å². The van der Waals surface area contributed by atoms with Crippen molar-refractivity contribution in [3.8, 4) is 0 Å². The molecule has 0 saturated heterocycles. The molecule has 0 bridgehead atoms. The first-order valence-electron chi connectivity index (χ1n) is 5.95. The zero-order chi connectivity index (χ0) is 9.31. The first-order valence-corrected chi connectivity index (χ1v) is 5.95. The minimum absolute atomic E-state index is 0.0510. The number of aliphatic hydroxyl groups excluding tert-OH is 1. The molecule has 13 heavy (non-hydrogen) atoms. The van der Waals surface area contributed by atoms with Crippen LogP contribution in [-0.4, -0.2) is 11.2 Å². The van der Waals surface area contributed by atoms with Crippen LogP contribution in [0.4, 0.5) is 0 Å². The monoisotopic (exact) mass is 182 g/mol. The van der Waals surface area contributed by atoms with Gasteiger partial charge in [0.2, 0.25) is 0 Å². The Kier molecular flexibility index (Phi) is 2.64. The van der Waals surface area contributed by atoms with Crippen molar-refractivity contribution in [2.75, 3.05) is 0 Å². The van der Waals surface area contributed by atoms with Crippen molar-refractivity contribution in [1.82, 2.24) is 0 Å². The molecule has 0 aromatic carbocycles. The fourth-order valence-corrected chi connectivity index (χ4v) is 3.21. The molecule has 0 aromatic rings. The van der Waals surface area contributed by atoms with E-state index in [1.165, 1.54) is 44.9 Å². The van der Waals surface area contributed by atoms with Crippen molar-refractivity contribution >= 4 is 0 Å². The summed E-state index contributed by atoms with van der Waals surface area (Å²) in [6.45, 7) is 2.28. The van der Waals surface area contributed by atoms with E-state index in [1.54, 1.807) is 0 Å². The molecular formula is C12H22O. The summed E-state index contributed by atoms with van der Waals surface area (Å²) in [6, 6.07) is 0. The lowest BCUT2D eigenvalue weighted by Crippen LogP contribution is -2.47. The summed E-state index contributed by atoms with van der Waals surface area (Å²) in [5.74, 6) is 0.975. The molecule has 1 heteroatoms. The smallest absolute Gasteiger partial charge is 0.0596 e. The highest BCUT2D eigenvalue weighted by Gasteiger charge is 2.47. The van der Waals surface area contributed by atoms with Gasteiger partial charge in [-0.05, 0) is 49.9 Å². The quantitative estimate of drug-likeness (QED) is 0.695. The van der Waals surface area contributed by atoms with E-state index in [2.05, 4.69) is 6.92 Å². The average molecular weight is 182 g/mol. The molecule has 2 saturated carbocycles. The van der Waals surface area contributed by atoms with Gasteiger partial charge in [0.15, 0.2) is 0 Å². The van der Waals surface area contributed by atoms with Gasteiger partial charge in [-0.2, -0.15) is 0 Å². The first kappa shape index (κ1) is 9.51. The summed E-state index contributed by atoms with van der Waals surface area (Å²) in [5, 5.41) is 9.74. The summed E-state index contributed by atoms with van der Waals surface area (Å²) < 4.78 is 0. The van der Waals surface area contributed by atoms with Crippen LogP contribution in [0.2, 0.25) is 0 Å². The minimum Gasteiger partial charge on any atom is -0.393 e. The van der Waals surface area contributed by atoms with Gasteiger partial charge < -0.3 is 5.11 Å². The molecule has 0 radical (unpaired) electrons. The average Bonchev–Trinajstić information content (AvgIpc) is 2.17. The van der Waals surface area contributed by atoms with Gasteiger partial charge in [0.1, 0.15) is 0 Å². The molecule has 1 atom stereocenters. The zero-order valence-electron chi connectivity index (χ0n) is 8.76. The normalized spacial score (nSPS) is 44.8. The third-order valence-corrected chi connectivity index (χ3v) is 4.42. The van der Waals surface area contributed by atoms with Gasteiger partial charge in [-0.1, -0.05) is 19.8 Å². The molecule has 0 aromatic heterocycles. The van der Waals surface area contributed by atoms with Crippen molar-refractivity contribution in [3.63, 3.8) is 0 Å². The fraction of sp³-hybridized carbons (Fsp3) is 1.00. The molecule has 2 aliphatic carbocycles. The molecule has 1 unspecified atom stereocenters. The van der Waals surface area contributed by atoms with Crippen LogP contribution in [0.25, 0.3) is 0 Å². The van der Waals surface area contributed by atoms with E-state index in [0.717, 1.165) is 12.3 Å². The second kappa shape index (κ2) is 3.61. The SMILES string of the molecule is CCCC1CCC2(CC1)CCC2O. The molecule has 76 valence electrons. The topological polar surface area (TPSA) is 20.2 Å². The minimum atomic E-state index is 0.0510. The Balaban J connectivity index is 1.82. The molecule has 0 heterocycles. The highest BCUT2D eigenvalue weighted by atomic mass is 16.3. The summed E-state index contributed by atoms with van der Waals surface area (Å²) >= 11 is 0. The predicted octanol–water partition coefficient (Wildman–Crippen LogP) is 3.12. The van der Waals surface area contributed by atoms with E-state index >= 15 is 0 Å². The van der Waals surface area contributed by atoms with Crippen molar-refractivity contribution in [2.24, 2.45) is 11.3 Å². The Labute approximate surface area is 81.5 Å². The van der Waals surface area contributed by atoms with Gasteiger partial charge in [0, 0.05) is 0 Å². The van der Waals surface area contributed by atoms with E-state index in [-0.39, 0.29) is 6.10 Å². The van der Waals surface area contributed by atoms with Crippen molar-refractivity contribution in [3.05, 3.63) is 0 Å². The van der Waals surface area contributed by atoms with Crippen LogP contribution in [0.5, 0.6) is 0 Å². The standard InChI is InChI=1S/C12H22O/c1-2-3-10-4-7-12(8-5-10)9-6-11(12)13/h10-11,13H,2-9H2,1H3. The molecule has 1 nitrogen and oxygen atoms in total. The Morgan fingerprint density at radius 2 is 1.77 bits per heavy atom. The fourth-order valence-electron chi connectivity index (χ4n) is 3.21. The zero-order valence-corrected chi connectivity index (χ0v) is 8.76. The maximum Gasteiger partial charge on any atom is 0.0596 e. The lowest BCUT2D eigenvalue weighted by Gasteiger charge is -2.51. The Hall–Kier alpha value is -0.0400. The van der Waals surface area contributed by atoms with Crippen LogP contribution in [0.3, 0.4) is 0 Å². The Morgan fingerprint density at radius 1 is 1.15 bits per heavy atom. The molecular weight excluding hydrogens is 160 g/mol. The molecule has 1 spiro atoms. The third-order valence-electron chi connectivity index (χ3n) is 4.42. The second-order valence-corrected chi connectivity index (χ2v) is 5.15. The van der Waals surface area contributed by atoms with Crippen LogP contribution in [0.1, 0.15) is 58.3 Å². The lowest BCUT2D eigenvalue weighted by molar-refractivity contribution is -0.0946. The summed E-state index contributed by atoms with van der Waals surface area (Å²) in [4.78, 5) is 0. The molecule has 1 N–H and O–H groups in total. The Morgan fingerprint density at radius 3 is 2.15 bits per heavy atom. The van der Waals surface area contributed by atoms with Crippen LogP contribution in [0, 0.1) is 11.3 Å².